The third-order valence-corrected chi connectivity index (χ3v) is 9.27. The summed E-state index contributed by atoms with van der Waals surface area (Å²) in [7, 11) is 1.50. The summed E-state index contributed by atoms with van der Waals surface area (Å²) in [6, 6.07) is 1.42. The van der Waals surface area contributed by atoms with Crippen LogP contribution in [0.3, 0.4) is 0 Å². The van der Waals surface area contributed by atoms with Gasteiger partial charge in [0.05, 0.1) is 25.3 Å². The summed E-state index contributed by atoms with van der Waals surface area (Å²) >= 11 is 1.65. The lowest BCUT2D eigenvalue weighted by molar-refractivity contribution is -0.168. The molecule has 0 saturated heterocycles. The van der Waals surface area contributed by atoms with Crippen LogP contribution in [0.4, 0.5) is 0 Å². The maximum absolute atomic E-state index is 12.8. The predicted molar refractivity (Wildman–Crippen MR) is 136 cm³/mol. The minimum Gasteiger partial charge on any atom is -0.480 e. The fraction of sp³-hybridized carbons (Fsp3) is 0.704. The first kappa shape index (κ1) is 26.9. The van der Waals surface area contributed by atoms with Crippen molar-refractivity contribution in [2.24, 2.45) is 22.7 Å². The summed E-state index contributed by atoms with van der Waals surface area (Å²) in [5.41, 5.74) is 1.99. The number of hydrogen-bond acceptors (Lipinski definition) is 6. The predicted octanol–water partition coefficient (Wildman–Crippen LogP) is 5.46. The summed E-state index contributed by atoms with van der Waals surface area (Å²) in [6.07, 6.45) is 11.0. The number of hydrogen-bond donors (Lipinski definition) is 2. The summed E-state index contributed by atoms with van der Waals surface area (Å²) in [5, 5.41) is 12.6. The highest BCUT2D eigenvalue weighted by Gasteiger charge is 2.57. The molecule has 1 aromatic heterocycles. The molecule has 0 radical (unpaired) electrons. The molecular formula is C27H41NO5S. The van der Waals surface area contributed by atoms with Crippen LogP contribution >= 0.6 is 11.8 Å². The van der Waals surface area contributed by atoms with Crippen LogP contribution in [0.2, 0.25) is 0 Å². The van der Waals surface area contributed by atoms with Crippen LogP contribution in [-0.2, 0) is 27.3 Å². The lowest BCUT2D eigenvalue weighted by Crippen LogP contribution is -2.53. The number of nitrogens with one attached hydrogen (secondary N) is 1. The highest BCUT2D eigenvalue weighted by Crippen LogP contribution is 2.62. The lowest BCUT2D eigenvalue weighted by Gasteiger charge is -2.57. The molecule has 190 valence electrons. The smallest absolute Gasteiger partial charge is 0.320 e. The average molecular weight is 492 g/mol. The molecule has 2 N–H and O–H groups in total. The third kappa shape index (κ3) is 5.40. The highest BCUT2D eigenvalue weighted by atomic mass is 32.2. The van der Waals surface area contributed by atoms with Crippen LogP contribution < -0.4 is 5.32 Å². The standard InChI is InChI=1S/C27H41NO5S/c1-18-7-10-23-26(2,13-6-14-27(23,3)25(31)32-4)20(18)9-8-19-11-15-33-22(19)17-28-21(24(29)30)12-16-34-5/h11,15,20-21,23,28H,1,6-10,12-14,16-17H2,2-5H3,(H,29,30)/t20-,21+,23+,26+,27-/m0/s1. The van der Waals surface area contributed by atoms with Crippen molar-refractivity contribution >= 4 is 23.7 Å². The van der Waals surface area contributed by atoms with E-state index in [1.54, 1.807) is 18.0 Å². The summed E-state index contributed by atoms with van der Waals surface area (Å²) in [5.74, 6) is 1.32. The van der Waals surface area contributed by atoms with Gasteiger partial charge in [0.25, 0.3) is 0 Å². The molecule has 2 aliphatic carbocycles. The number of furan rings is 1. The molecule has 1 aromatic rings. The van der Waals surface area contributed by atoms with Gasteiger partial charge in [0.2, 0.25) is 0 Å². The maximum Gasteiger partial charge on any atom is 0.320 e. The van der Waals surface area contributed by atoms with Gasteiger partial charge in [-0.1, -0.05) is 25.5 Å². The van der Waals surface area contributed by atoms with E-state index in [4.69, 9.17) is 9.15 Å². The Bertz CT molecular complexity index is 882. The van der Waals surface area contributed by atoms with E-state index in [1.807, 2.05) is 12.3 Å². The first-order valence-corrected chi connectivity index (χ1v) is 13.8. The van der Waals surface area contributed by atoms with Gasteiger partial charge in [0.15, 0.2) is 0 Å². The quantitative estimate of drug-likeness (QED) is 0.314. The maximum atomic E-state index is 12.8. The molecule has 0 aromatic carbocycles. The largest absolute Gasteiger partial charge is 0.480 e. The summed E-state index contributed by atoms with van der Waals surface area (Å²) in [4.78, 5) is 24.4. The number of carbonyl (C=O) groups excluding carboxylic acids is 1. The molecule has 0 spiro atoms. The molecule has 0 unspecified atom stereocenters. The Morgan fingerprint density at radius 2 is 2.15 bits per heavy atom. The van der Waals surface area contributed by atoms with Crippen LogP contribution in [0, 0.1) is 22.7 Å². The Morgan fingerprint density at radius 3 is 2.82 bits per heavy atom. The molecule has 34 heavy (non-hydrogen) atoms. The molecule has 3 rings (SSSR count). The fourth-order valence-corrected chi connectivity index (χ4v) is 7.24. The molecule has 1 heterocycles. The van der Waals surface area contributed by atoms with E-state index < -0.39 is 17.4 Å². The number of allylic oxidation sites excluding steroid dienone is 1. The molecule has 7 heteroatoms. The van der Waals surface area contributed by atoms with Crippen LogP contribution in [0.25, 0.3) is 0 Å². The van der Waals surface area contributed by atoms with Crippen molar-refractivity contribution in [2.75, 3.05) is 19.1 Å². The molecular weight excluding hydrogens is 450 g/mol. The Balaban J connectivity index is 1.71. The van der Waals surface area contributed by atoms with E-state index >= 15 is 0 Å². The topological polar surface area (TPSA) is 88.8 Å². The Hall–Kier alpha value is -1.73. The second kappa shape index (κ2) is 11.3. The minimum atomic E-state index is -0.828. The number of esters is 1. The molecule has 0 aliphatic heterocycles. The molecule has 2 saturated carbocycles. The zero-order chi connectivity index (χ0) is 24.9. The van der Waals surface area contributed by atoms with E-state index in [9.17, 15) is 14.7 Å². The highest BCUT2D eigenvalue weighted by molar-refractivity contribution is 7.98. The van der Waals surface area contributed by atoms with Gasteiger partial charge in [0.1, 0.15) is 11.8 Å². The molecule has 2 fully saturated rings. The monoisotopic (exact) mass is 491 g/mol. The van der Waals surface area contributed by atoms with Crippen molar-refractivity contribution in [1.29, 1.82) is 0 Å². The lowest BCUT2D eigenvalue weighted by atomic mass is 9.46. The molecule has 6 nitrogen and oxygen atoms in total. The van der Waals surface area contributed by atoms with Crippen LogP contribution in [0.1, 0.15) is 70.1 Å². The third-order valence-electron chi connectivity index (χ3n) is 8.63. The van der Waals surface area contributed by atoms with Crippen molar-refractivity contribution in [3.63, 3.8) is 0 Å². The van der Waals surface area contributed by atoms with E-state index in [0.29, 0.717) is 18.9 Å². The van der Waals surface area contributed by atoms with Crippen LogP contribution in [-0.4, -0.2) is 42.2 Å². The number of carbonyl (C=O) groups is 2. The van der Waals surface area contributed by atoms with Gasteiger partial charge in [-0.3, -0.25) is 14.9 Å². The van der Waals surface area contributed by atoms with Gasteiger partial charge in [-0.15, -0.1) is 0 Å². The molecule has 0 bridgehead atoms. The normalized spacial score (nSPS) is 29.9. The van der Waals surface area contributed by atoms with Gasteiger partial charge >= 0.3 is 11.9 Å². The van der Waals surface area contributed by atoms with Gasteiger partial charge in [-0.2, -0.15) is 11.8 Å². The first-order valence-electron chi connectivity index (χ1n) is 12.4. The number of thioether (sulfide) groups is 1. The second-order valence-corrected chi connectivity index (χ2v) is 11.5. The van der Waals surface area contributed by atoms with E-state index in [2.05, 4.69) is 25.7 Å². The van der Waals surface area contributed by atoms with Gasteiger partial charge in [-0.25, -0.2) is 0 Å². The molecule has 2 aliphatic rings. The van der Waals surface area contributed by atoms with Crippen molar-refractivity contribution in [2.45, 2.75) is 77.8 Å². The second-order valence-electron chi connectivity index (χ2n) is 10.5. The zero-order valence-electron chi connectivity index (χ0n) is 21.2. The van der Waals surface area contributed by atoms with Gasteiger partial charge in [-0.05, 0) is 92.8 Å². The number of ether oxygens (including phenoxy) is 1. The van der Waals surface area contributed by atoms with Crippen molar-refractivity contribution < 1.29 is 23.8 Å². The molecule has 0 amide bonds. The number of methoxy groups -OCH3 is 1. The Morgan fingerprint density at radius 1 is 1.38 bits per heavy atom. The number of aryl methyl sites for hydroxylation is 1. The average Bonchev–Trinajstić information content (AvgIpc) is 3.24. The number of rotatable bonds is 11. The van der Waals surface area contributed by atoms with Crippen molar-refractivity contribution in [3.05, 3.63) is 35.8 Å². The Labute approximate surface area is 208 Å². The number of carboxylic acid groups (broad SMARTS) is 1. The number of aliphatic carboxylic acids is 1. The van der Waals surface area contributed by atoms with Crippen molar-refractivity contribution in [1.82, 2.24) is 5.32 Å². The molecule has 5 atom stereocenters. The van der Waals surface area contributed by atoms with E-state index in [0.717, 1.165) is 62.0 Å². The fourth-order valence-electron chi connectivity index (χ4n) is 6.77. The van der Waals surface area contributed by atoms with Gasteiger partial charge in [0, 0.05) is 0 Å². The number of carboxylic acids is 1. The zero-order valence-corrected chi connectivity index (χ0v) is 22.0. The minimum absolute atomic E-state index is 0.0187. The van der Waals surface area contributed by atoms with E-state index in [1.165, 1.54) is 12.7 Å². The van der Waals surface area contributed by atoms with Crippen LogP contribution in [0.15, 0.2) is 28.9 Å². The summed E-state index contributed by atoms with van der Waals surface area (Å²) < 4.78 is 11.0. The van der Waals surface area contributed by atoms with Gasteiger partial charge < -0.3 is 14.3 Å². The Kier molecular flexibility index (Phi) is 8.96. The number of fused-ring (bicyclic) bond motifs is 1. The summed E-state index contributed by atoms with van der Waals surface area (Å²) in [6.45, 7) is 9.31. The van der Waals surface area contributed by atoms with E-state index in [-0.39, 0.29) is 17.3 Å². The SMILES string of the molecule is C=C1CC[C@@H]2[C@](C)(CCC[C@]2(C)C(=O)OC)[C@H]1CCc1ccoc1CN[C@H](CCSC)C(=O)O. The van der Waals surface area contributed by atoms with Crippen molar-refractivity contribution in [3.8, 4) is 0 Å². The first-order chi connectivity index (χ1) is 16.2. The van der Waals surface area contributed by atoms with Crippen LogP contribution in [0.5, 0.6) is 0 Å².